The molecule has 3 rings (SSSR count). The zero-order valence-corrected chi connectivity index (χ0v) is 13.1. The monoisotopic (exact) mass is 325 g/mol. The Bertz CT molecular complexity index is 761. The van der Waals surface area contributed by atoms with Crippen LogP contribution in [0.3, 0.4) is 0 Å². The summed E-state index contributed by atoms with van der Waals surface area (Å²) < 4.78 is 5.65. The van der Waals surface area contributed by atoms with Gasteiger partial charge in [-0.05, 0) is 24.6 Å². The molecule has 0 aliphatic heterocycles. The molecule has 3 aromatic rings. The number of benzene rings is 1. The standard InChI is InChI=1S/C17H15N3O2S/c21-16(8-7-14-11-23-12-19-14)20-13-4-3-5-15(10-13)22-17-6-1-2-9-18-17/h1-6,9-12H,7-8H2,(H,20,21). The number of aromatic nitrogens is 2. The Balaban J connectivity index is 1.57. The highest BCUT2D eigenvalue weighted by atomic mass is 32.1. The minimum atomic E-state index is -0.0482. The van der Waals surface area contributed by atoms with Crippen molar-refractivity contribution in [1.82, 2.24) is 9.97 Å². The number of carbonyl (C=O) groups excluding carboxylic acids is 1. The third-order valence-electron chi connectivity index (χ3n) is 3.07. The number of ether oxygens (including phenoxy) is 1. The van der Waals surface area contributed by atoms with E-state index in [1.165, 1.54) is 11.3 Å². The summed E-state index contributed by atoms with van der Waals surface area (Å²) in [5.74, 6) is 1.09. The topological polar surface area (TPSA) is 64.1 Å². The van der Waals surface area contributed by atoms with Crippen molar-refractivity contribution in [3.8, 4) is 11.6 Å². The number of rotatable bonds is 6. The molecular formula is C17H15N3O2S. The SMILES string of the molecule is O=C(CCc1cscn1)Nc1cccc(Oc2ccccn2)c1. The van der Waals surface area contributed by atoms with Gasteiger partial charge in [-0.2, -0.15) is 0 Å². The van der Waals surface area contributed by atoms with Gasteiger partial charge in [-0.25, -0.2) is 9.97 Å². The number of nitrogens with one attached hydrogen (secondary N) is 1. The maximum Gasteiger partial charge on any atom is 0.224 e. The molecule has 1 amide bonds. The number of anilines is 1. The van der Waals surface area contributed by atoms with Crippen molar-refractivity contribution in [2.24, 2.45) is 0 Å². The molecule has 1 aromatic carbocycles. The average Bonchev–Trinajstić information content (AvgIpc) is 3.08. The normalized spacial score (nSPS) is 10.3. The number of amides is 1. The highest BCUT2D eigenvalue weighted by Crippen LogP contribution is 2.22. The Morgan fingerprint density at radius 2 is 2.13 bits per heavy atom. The third kappa shape index (κ3) is 4.62. The number of hydrogen-bond donors (Lipinski definition) is 1. The number of nitrogens with zero attached hydrogens (tertiary/aromatic N) is 2. The summed E-state index contributed by atoms with van der Waals surface area (Å²) in [6, 6.07) is 12.7. The van der Waals surface area contributed by atoms with Crippen molar-refractivity contribution in [3.05, 3.63) is 65.2 Å². The van der Waals surface area contributed by atoms with E-state index in [9.17, 15) is 4.79 Å². The van der Waals surface area contributed by atoms with E-state index in [4.69, 9.17) is 4.74 Å². The van der Waals surface area contributed by atoms with E-state index in [0.717, 1.165) is 5.69 Å². The summed E-state index contributed by atoms with van der Waals surface area (Å²) in [7, 11) is 0. The Morgan fingerprint density at radius 1 is 1.17 bits per heavy atom. The molecule has 0 saturated carbocycles. The van der Waals surface area contributed by atoms with Crippen molar-refractivity contribution in [2.75, 3.05) is 5.32 Å². The van der Waals surface area contributed by atoms with Crippen LogP contribution in [0.4, 0.5) is 5.69 Å². The zero-order valence-electron chi connectivity index (χ0n) is 12.3. The summed E-state index contributed by atoms with van der Waals surface area (Å²) in [6.45, 7) is 0. The Morgan fingerprint density at radius 3 is 2.91 bits per heavy atom. The van der Waals surface area contributed by atoms with Gasteiger partial charge in [0.05, 0.1) is 11.2 Å². The molecule has 2 aromatic heterocycles. The van der Waals surface area contributed by atoms with E-state index in [2.05, 4.69) is 15.3 Å². The van der Waals surface area contributed by atoms with Crippen molar-refractivity contribution in [1.29, 1.82) is 0 Å². The number of aryl methyl sites for hydroxylation is 1. The summed E-state index contributed by atoms with van der Waals surface area (Å²) in [6.07, 6.45) is 2.70. The lowest BCUT2D eigenvalue weighted by Gasteiger charge is -2.08. The number of pyridine rings is 1. The van der Waals surface area contributed by atoms with Gasteiger partial charge in [0.2, 0.25) is 11.8 Å². The number of carbonyl (C=O) groups is 1. The molecule has 1 N–H and O–H groups in total. The van der Waals surface area contributed by atoms with E-state index < -0.39 is 0 Å². The van der Waals surface area contributed by atoms with Crippen LogP contribution in [0, 0.1) is 0 Å². The summed E-state index contributed by atoms with van der Waals surface area (Å²) in [4.78, 5) is 20.3. The van der Waals surface area contributed by atoms with Gasteiger partial charge in [0.15, 0.2) is 0 Å². The lowest BCUT2D eigenvalue weighted by atomic mass is 10.2. The van der Waals surface area contributed by atoms with Crippen LogP contribution in [-0.2, 0) is 11.2 Å². The number of thiazole rings is 1. The van der Waals surface area contributed by atoms with Crippen LogP contribution in [-0.4, -0.2) is 15.9 Å². The molecule has 0 saturated heterocycles. The van der Waals surface area contributed by atoms with Crippen molar-refractivity contribution in [3.63, 3.8) is 0 Å². The second kappa shape index (κ2) is 7.51. The van der Waals surface area contributed by atoms with Crippen molar-refractivity contribution in [2.45, 2.75) is 12.8 Å². The van der Waals surface area contributed by atoms with E-state index in [-0.39, 0.29) is 5.91 Å². The van der Waals surface area contributed by atoms with Crippen LogP contribution in [0.2, 0.25) is 0 Å². The zero-order chi connectivity index (χ0) is 15.9. The molecule has 0 aliphatic rings. The molecule has 23 heavy (non-hydrogen) atoms. The summed E-state index contributed by atoms with van der Waals surface area (Å²) >= 11 is 1.53. The first-order valence-corrected chi connectivity index (χ1v) is 8.10. The molecule has 6 heteroatoms. The molecule has 2 heterocycles. The van der Waals surface area contributed by atoms with E-state index in [1.54, 1.807) is 23.8 Å². The maximum absolute atomic E-state index is 12.0. The second-order valence-electron chi connectivity index (χ2n) is 4.83. The average molecular weight is 325 g/mol. The van der Waals surface area contributed by atoms with Gasteiger partial charge in [-0.3, -0.25) is 4.79 Å². The minimum Gasteiger partial charge on any atom is -0.439 e. The Hall–Kier alpha value is -2.73. The van der Waals surface area contributed by atoms with Gasteiger partial charge in [-0.1, -0.05) is 12.1 Å². The van der Waals surface area contributed by atoms with Gasteiger partial charge in [-0.15, -0.1) is 11.3 Å². The van der Waals surface area contributed by atoms with Crippen LogP contribution >= 0.6 is 11.3 Å². The maximum atomic E-state index is 12.0. The first kappa shape index (κ1) is 15.2. The molecule has 5 nitrogen and oxygen atoms in total. The highest BCUT2D eigenvalue weighted by molar-refractivity contribution is 7.07. The fourth-order valence-electron chi connectivity index (χ4n) is 1.99. The molecule has 0 bridgehead atoms. The van der Waals surface area contributed by atoms with Crippen LogP contribution < -0.4 is 10.1 Å². The van der Waals surface area contributed by atoms with Gasteiger partial charge < -0.3 is 10.1 Å². The van der Waals surface area contributed by atoms with Crippen LogP contribution in [0.15, 0.2) is 59.6 Å². The van der Waals surface area contributed by atoms with Crippen LogP contribution in [0.25, 0.3) is 0 Å². The first-order chi connectivity index (χ1) is 11.3. The molecule has 0 aliphatic carbocycles. The third-order valence-corrected chi connectivity index (χ3v) is 3.70. The Labute approximate surface area is 138 Å². The molecule has 0 atom stereocenters. The molecule has 0 fully saturated rings. The van der Waals surface area contributed by atoms with Crippen LogP contribution in [0.5, 0.6) is 11.6 Å². The molecule has 0 spiro atoms. The largest absolute Gasteiger partial charge is 0.439 e. The molecule has 116 valence electrons. The van der Waals surface area contributed by atoms with E-state index in [0.29, 0.717) is 30.2 Å². The summed E-state index contributed by atoms with van der Waals surface area (Å²) in [5, 5.41) is 4.82. The molecule has 0 unspecified atom stereocenters. The minimum absolute atomic E-state index is 0.0482. The quantitative estimate of drug-likeness (QED) is 0.746. The van der Waals surface area contributed by atoms with Gasteiger partial charge in [0, 0.05) is 35.8 Å². The smallest absolute Gasteiger partial charge is 0.224 e. The lowest BCUT2D eigenvalue weighted by molar-refractivity contribution is -0.116. The highest BCUT2D eigenvalue weighted by Gasteiger charge is 2.06. The van der Waals surface area contributed by atoms with Crippen LogP contribution in [0.1, 0.15) is 12.1 Å². The predicted octanol–water partition coefficient (Wildman–Crippen LogP) is 3.90. The second-order valence-corrected chi connectivity index (χ2v) is 5.54. The number of hydrogen-bond acceptors (Lipinski definition) is 5. The molecular weight excluding hydrogens is 310 g/mol. The fourth-order valence-corrected chi connectivity index (χ4v) is 2.58. The van der Waals surface area contributed by atoms with Gasteiger partial charge in [0.1, 0.15) is 5.75 Å². The van der Waals surface area contributed by atoms with Crippen molar-refractivity contribution < 1.29 is 9.53 Å². The van der Waals surface area contributed by atoms with E-state index in [1.807, 2.05) is 35.7 Å². The van der Waals surface area contributed by atoms with Gasteiger partial charge >= 0.3 is 0 Å². The fraction of sp³-hybridized carbons (Fsp3) is 0.118. The first-order valence-electron chi connectivity index (χ1n) is 7.15. The lowest BCUT2D eigenvalue weighted by Crippen LogP contribution is -2.12. The Kier molecular flexibility index (Phi) is 4.95. The summed E-state index contributed by atoms with van der Waals surface area (Å²) in [5.41, 5.74) is 3.41. The van der Waals surface area contributed by atoms with Gasteiger partial charge in [0.25, 0.3) is 0 Å². The predicted molar refractivity (Wildman–Crippen MR) is 89.8 cm³/mol. The molecule has 0 radical (unpaired) electrons. The van der Waals surface area contributed by atoms with E-state index >= 15 is 0 Å². The van der Waals surface area contributed by atoms with Crippen molar-refractivity contribution >= 4 is 22.9 Å².